The van der Waals surface area contributed by atoms with Crippen LogP contribution in [0.4, 0.5) is 0 Å². The van der Waals surface area contributed by atoms with Gasteiger partial charge in [0.1, 0.15) is 0 Å². The third kappa shape index (κ3) is 4.82. The number of pyridine rings is 1. The lowest BCUT2D eigenvalue weighted by atomic mass is 9.91. The minimum atomic E-state index is 0.610. The zero-order valence-corrected chi connectivity index (χ0v) is 15.4. The summed E-state index contributed by atoms with van der Waals surface area (Å²) < 4.78 is 0. The number of nitrogens with one attached hydrogen (secondary N) is 3. The minimum absolute atomic E-state index is 0.610. The van der Waals surface area contributed by atoms with Gasteiger partial charge in [0.2, 0.25) is 0 Å². The summed E-state index contributed by atoms with van der Waals surface area (Å²) in [6.07, 6.45) is 9.18. The van der Waals surface area contributed by atoms with E-state index in [-0.39, 0.29) is 0 Å². The fourth-order valence-corrected chi connectivity index (χ4v) is 3.67. The molecule has 26 heavy (non-hydrogen) atoms. The largest absolute Gasteiger partial charge is 0.391 e. The highest BCUT2D eigenvalue weighted by Crippen LogP contribution is 2.21. The maximum atomic E-state index is 4.86. The average molecular weight is 351 g/mol. The van der Waals surface area contributed by atoms with Gasteiger partial charge in [-0.05, 0) is 69.2 Å². The quantitative estimate of drug-likeness (QED) is 0.599. The van der Waals surface area contributed by atoms with E-state index in [4.69, 9.17) is 4.98 Å². The lowest BCUT2D eigenvalue weighted by molar-refractivity contribution is 0.405. The van der Waals surface area contributed by atoms with Gasteiger partial charge in [-0.25, -0.2) is 0 Å². The van der Waals surface area contributed by atoms with Crippen LogP contribution in [0.5, 0.6) is 0 Å². The molecule has 0 aromatic carbocycles. The van der Waals surface area contributed by atoms with Crippen molar-refractivity contribution in [2.24, 2.45) is 16.8 Å². The Balaban J connectivity index is 1.58. The third-order valence-corrected chi connectivity index (χ3v) is 5.10. The Morgan fingerprint density at radius 2 is 2.00 bits per heavy atom. The van der Waals surface area contributed by atoms with Crippen molar-refractivity contribution in [2.45, 2.75) is 25.8 Å². The fraction of sp³-hybridized carbons (Fsp3) is 0.429. The van der Waals surface area contributed by atoms with Crippen LogP contribution >= 0.6 is 0 Å². The molecule has 5 heteroatoms. The Labute approximate surface area is 156 Å². The van der Waals surface area contributed by atoms with Crippen molar-refractivity contribution < 1.29 is 0 Å². The van der Waals surface area contributed by atoms with Crippen LogP contribution in [-0.2, 0) is 13.0 Å². The van der Waals surface area contributed by atoms with Crippen molar-refractivity contribution >= 4 is 6.72 Å². The summed E-state index contributed by atoms with van der Waals surface area (Å²) in [6.45, 7) is 11.2. The van der Waals surface area contributed by atoms with Gasteiger partial charge in [-0.15, -0.1) is 0 Å². The molecule has 0 bridgehead atoms. The number of aliphatic imine (C=N–C) groups is 1. The molecule has 1 aromatic rings. The molecule has 1 aromatic heterocycles. The van der Waals surface area contributed by atoms with Crippen molar-refractivity contribution in [3.05, 3.63) is 65.9 Å². The Hall–Kier alpha value is -2.40. The second kappa shape index (κ2) is 9.34. The predicted octanol–water partition coefficient (Wildman–Crippen LogP) is 2.54. The maximum absolute atomic E-state index is 4.86. The highest BCUT2D eigenvalue weighted by Gasteiger charge is 2.27. The lowest BCUT2D eigenvalue weighted by Gasteiger charge is -2.19. The Morgan fingerprint density at radius 1 is 1.19 bits per heavy atom. The number of nitrogens with zero attached hydrogens (tertiary/aromatic N) is 2. The molecule has 2 heterocycles. The zero-order valence-electron chi connectivity index (χ0n) is 15.4. The molecule has 0 saturated carbocycles. The van der Waals surface area contributed by atoms with Crippen LogP contribution in [0.2, 0.25) is 0 Å². The van der Waals surface area contributed by atoms with Gasteiger partial charge in [0.25, 0.3) is 0 Å². The van der Waals surface area contributed by atoms with Gasteiger partial charge in [0.05, 0.1) is 23.6 Å². The summed E-state index contributed by atoms with van der Waals surface area (Å²) in [5.41, 5.74) is 4.23. The van der Waals surface area contributed by atoms with Gasteiger partial charge >= 0.3 is 0 Å². The molecule has 2 unspecified atom stereocenters. The van der Waals surface area contributed by atoms with E-state index >= 15 is 0 Å². The van der Waals surface area contributed by atoms with Gasteiger partial charge in [0, 0.05) is 12.2 Å². The molecule has 1 fully saturated rings. The predicted molar refractivity (Wildman–Crippen MR) is 108 cm³/mol. The lowest BCUT2D eigenvalue weighted by Crippen LogP contribution is -2.26. The molecule has 0 spiro atoms. The summed E-state index contributed by atoms with van der Waals surface area (Å²) in [4.78, 5) is 8.96. The van der Waals surface area contributed by atoms with Crippen molar-refractivity contribution in [1.82, 2.24) is 20.9 Å². The molecule has 2 atom stereocenters. The summed E-state index contributed by atoms with van der Waals surface area (Å²) in [5, 5.41) is 10.2. The van der Waals surface area contributed by atoms with Crippen molar-refractivity contribution in [2.75, 3.05) is 19.6 Å². The Kier molecular flexibility index (Phi) is 6.61. The first-order chi connectivity index (χ1) is 12.8. The highest BCUT2D eigenvalue weighted by atomic mass is 15.0. The summed E-state index contributed by atoms with van der Waals surface area (Å²) in [7, 11) is 0. The molecule has 1 aliphatic heterocycles. The molecular weight excluding hydrogens is 322 g/mol. The van der Waals surface area contributed by atoms with E-state index in [1.54, 1.807) is 6.20 Å². The number of hydrogen-bond acceptors (Lipinski definition) is 5. The van der Waals surface area contributed by atoms with E-state index in [1.165, 1.54) is 0 Å². The second-order valence-electron chi connectivity index (χ2n) is 6.91. The number of hydrogen-bond donors (Lipinski definition) is 3. The van der Waals surface area contributed by atoms with Gasteiger partial charge < -0.3 is 16.0 Å². The van der Waals surface area contributed by atoms with E-state index in [9.17, 15) is 0 Å². The first-order valence-corrected chi connectivity index (χ1v) is 9.41. The van der Waals surface area contributed by atoms with Crippen LogP contribution in [0, 0.1) is 11.8 Å². The monoisotopic (exact) mass is 351 g/mol. The smallest absolute Gasteiger partial charge is 0.0810 e. The van der Waals surface area contributed by atoms with E-state index < -0.39 is 0 Å². The first-order valence-electron chi connectivity index (χ1n) is 9.41. The van der Waals surface area contributed by atoms with Crippen LogP contribution in [0.1, 0.15) is 24.2 Å². The van der Waals surface area contributed by atoms with Gasteiger partial charge in [0.15, 0.2) is 0 Å². The summed E-state index contributed by atoms with van der Waals surface area (Å²) >= 11 is 0. The van der Waals surface area contributed by atoms with E-state index in [0.29, 0.717) is 18.4 Å². The number of allylic oxidation sites excluding steroid dienone is 2. The summed E-state index contributed by atoms with van der Waals surface area (Å²) in [5.74, 6) is 1.23. The topological polar surface area (TPSA) is 61.3 Å². The molecule has 138 valence electrons. The molecule has 1 saturated heterocycles. The second-order valence-corrected chi connectivity index (χ2v) is 6.91. The van der Waals surface area contributed by atoms with E-state index in [1.807, 2.05) is 0 Å². The average Bonchev–Trinajstić information content (AvgIpc) is 3.12. The Morgan fingerprint density at radius 3 is 2.85 bits per heavy atom. The maximum Gasteiger partial charge on any atom is 0.0810 e. The van der Waals surface area contributed by atoms with Gasteiger partial charge in [-0.1, -0.05) is 24.8 Å². The normalized spacial score (nSPS) is 22.3. The van der Waals surface area contributed by atoms with Crippen molar-refractivity contribution in [1.29, 1.82) is 0 Å². The summed E-state index contributed by atoms with van der Waals surface area (Å²) in [6, 6.07) is 6.32. The molecule has 0 radical (unpaired) electrons. The highest BCUT2D eigenvalue weighted by molar-refractivity contribution is 5.39. The molecule has 1 aliphatic carbocycles. The van der Waals surface area contributed by atoms with Crippen molar-refractivity contribution in [3.63, 3.8) is 0 Å². The van der Waals surface area contributed by atoms with Crippen LogP contribution in [0.15, 0.2) is 59.5 Å². The molecular formula is C21H29N5. The molecule has 3 N–H and O–H groups in total. The van der Waals surface area contributed by atoms with Gasteiger partial charge in [-0.3, -0.25) is 9.98 Å². The molecule has 0 amide bonds. The molecule has 3 rings (SSSR count). The van der Waals surface area contributed by atoms with Gasteiger partial charge in [-0.2, -0.15) is 0 Å². The molecule has 2 aliphatic rings. The fourth-order valence-electron chi connectivity index (χ4n) is 3.67. The van der Waals surface area contributed by atoms with E-state index in [2.05, 4.69) is 64.6 Å². The molecule has 5 nitrogen and oxygen atoms in total. The number of aromatic nitrogens is 1. The van der Waals surface area contributed by atoms with Crippen LogP contribution in [0.25, 0.3) is 0 Å². The minimum Gasteiger partial charge on any atom is -0.391 e. The Bertz CT molecular complexity index is 691. The van der Waals surface area contributed by atoms with Crippen LogP contribution in [-0.4, -0.2) is 31.3 Å². The zero-order chi connectivity index (χ0) is 18.2. The van der Waals surface area contributed by atoms with Crippen LogP contribution < -0.4 is 16.0 Å². The third-order valence-electron chi connectivity index (χ3n) is 5.10. The van der Waals surface area contributed by atoms with Crippen molar-refractivity contribution in [3.8, 4) is 0 Å². The van der Waals surface area contributed by atoms with Crippen LogP contribution in [0.3, 0.4) is 0 Å². The standard InChI is InChI=1S/C21H29N5/c1-3-23-13-17-14-24-12-16(17)11-18-7-6-8-19(26-18)15-25-21-10-5-4-9-20(21)22-2/h3,6-10,16-17,23-25H,1-2,4-5,11-15H2. The number of rotatable bonds is 9. The first kappa shape index (κ1) is 18.4. The van der Waals surface area contributed by atoms with E-state index in [0.717, 1.165) is 61.7 Å². The SMILES string of the molecule is C=CNCC1CNCC1Cc1cccc(CNC2=CCCC=C2N=C)n1.